The molecular weight excluding hydrogens is 264 g/mol. The van der Waals surface area contributed by atoms with Gasteiger partial charge in [0.25, 0.3) is 0 Å². The highest BCUT2D eigenvalue weighted by molar-refractivity contribution is 5.39. The molecule has 2 N–H and O–H groups in total. The zero-order chi connectivity index (χ0) is 14.7. The normalized spacial score (nSPS) is 20.6. The Hall–Kier alpha value is -1.26. The minimum absolute atomic E-state index is 0.366. The van der Waals surface area contributed by atoms with Gasteiger partial charge in [0, 0.05) is 18.2 Å². The predicted molar refractivity (Wildman–Crippen MR) is 83.7 cm³/mol. The summed E-state index contributed by atoms with van der Waals surface area (Å²) in [7, 11) is 1.66. The van der Waals surface area contributed by atoms with E-state index in [0.717, 1.165) is 36.9 Å². The summed E-state index contributed by atoms with van der Waals surface area (Å²) < 4.78 is 5.24. The fourth-order valence-electron chi connectivity index (χ4n) is 3.01. The summed E-state index contributed by atoms with van der Waals surface area (Å²) in [5, 5.41) is 13.7. The standard InChI is InChI=1S/C17H26N2O2/c1-21-16-4-5-17(20)14(10-16)12-19-8-6-15(7-9-19)18-11-13-2-3-13/h4-5,10,13,15,18,20H,2-3,6-9,11-12H2,1H3. The largest absolute Gasteiger partial charge is 0.508 e. The molecule has 1 heterocycles. The molecule has 3 rings (SSSR count). The van der Waals surface area contributed by atoms with Gasteiger partial charge in [0.05, 0.1) is 7.11 Å². The van der Waals surface area contributed by atoms with Gasteiger partial charge in [-0.3, -0.25) is 4.90 Å². The molecule has 1 aromatic carbocycles. The average Bonchev–Trinajstić information content (AvgIpc) is 3.33. The summed E-state index contributed by atoms with van der Waals surface area (Å²) in [6.45, 7) is 4.21. The van der Waals surface area contributed by atoms with Gasteiger partial charge in [-0.05, 0) is 69.4 Å². The minimum atomic E-state index is 0.366. The van der Waals surface area contributed by atoms with Gasteiger partial charge >= 0.3 is 0 Å². The van der Waals surface area contributed by atoms with Gasteiger partial charge in [0.2, 0.25) is 0 Å². The lowest BCUT2D eigenvalue weighted by molar-refractivity contribution is 0.188. The molecule has 2 aliphatic rings. The number of likely N-dealkylation sites (tertiary alicyclic amines) is 1. The number of ether oxygens (including phenoxy) is 1. The molecule has 0 radical (unpaired) electrons. The zero-order valence-corrected chi connectivity index (χ0v) is 12.8. The number of phenols is 1. The third-order valence-electron chi connectivity index (χ3n) is 4.66. The van der Waals surface area contributed by atoms with Crippen LogP contribution in [0.15, 0.2) is 18.2 Å². The fourth-order valence-corrected chi connectivity index (χ4v) is 3.01. The summed E-state index contributed by atoms with van der Waals surface area (Å²) in [4.78, 5) is 2.42. The molecule has 1 aromatic rings. The van der Waals surface area contributed by atoms with Crippen molar-refractivity contribution in [3.8, 4) is 11.5 Å². The maximum Gasteiger partial charge on any atom is 0.120 e. The van der Waals surface area contributed by atoms with E-state index in [-0.39, 0.29) is 0 Å². The topological polar surface area (TPSA) is 44.7 Å². The van der Waals surface area contributed by atoms with E-state index >= 15 is 0 Å². The lowest BCUT2D eigenvalue weighted by Crippen LogP contribution is -2.42. The third kappa shape index (κ3) is 4.11. The van der Waals surface area contributed by atoms with Crippen molar-refractivity contribution in [2.45, 2.75) is 38.3 Å². The van der Waals surface area contributed by atoms with Crippen molar-refractivity contribution >= 4 is 0 Å². The van der Waals surface area contributed by atoms with Gasteiger partial charge in [-0.1, -0.05) is 0 Å². The summed E-state index contributed by atoms with van der Waals surface area (Å²) in [6, 6.07) is 6.14. The van der Waals surface area contributed by atoms with Crippen LogP contribution in [0.1, 0.15) is 31.2 Å². The van der Waals surface area contributed by atoms with Crippen LogP contribution in [0.4, 0.5) is 0 Å². The third-order valence-corrected chi connectivity index (χ3v) is 4.66. The lowest BCUT2D eigenvalue weighted by atomic mass is 10.0. The first-order valence-corrected chi connectivity index (χ1v) is 8.06. The van der Waals surface area contributed by atoms with E-state index < -0.39 is 0 Å². The van der Waals surface area contributed by atoms with E-state index in [9.17, 15) is 5.11 Å². The second kappa shape index (κ2) is 6.67. The van der Waals surface area contributed by atoms with Gasteiger partial charge < -0.3 is 15.2 Å². The van der Waals surface area contributed by atoms with Gasteiger partial charge in [-0.25, -0.2) is 0 Å². The lowest BCUT2D eigenvalue weighted by Gasteiger charge is -2.32. The molecule has 1 saturated carbocycles. The van der Waals surface area contributed by atoms with Crippen molar-refractivity contribution in [3.63, 3.8) is 0 Å². The molecule has 0 amide bonds. The second-order valence-corrected chi connectivity index (χ2v) is 6.40. The Morgan fingerprint density at radius 1 is 1.24 bits per heavy atom. The number of hydrogen-bond donors (Lipinski definition) is 2. The molecule has 0 aromatic heterocycles. The summed E-state index contributed by atoms with van der Waals surface area (Å²) in [5.74, 6) is 2.13. The number of aromatic hydroxyl groups is 1. The van der Waals surface area contributed by atoms with Gasteiger partial charge in [0.15, 0.2) is 0 Å². The highest BCUT2D eigenvalue weighted by atomic mass is 16.5. The first kappa shape index (κ1) is 14.7. The smallest absolute Gasteiger partial charge is 0.120 e. The number of nitrogens with one attached hydrogen (secondary N) is 1. The monoisotopic (exact) mass is 290 g/mol. The number of benzene rings is 1. The van der Waals surface area contributed by atoms with Crippen LogP contribution >= 0.6 is 0 Å². The van der Waals surface area contributed by atoms with E-state index in [2.05, 4.69) is 10.2 Å². The molecule has 0 atom stereocenters. The Morgan fingerprint density at radius 3 is 2.67 bits per heavy atom. The van der Waals surface area contributed by atoms with Crippen molar-refractivity contribution in [1.82, 2.24) is 10.2 Å². The van der Waals surface area contributed by atoms with E-state index in [1.54, 1.807) is 19.2 Å². The predicted octanol–water partition coefficient (Wildman–Crippen LogP) is 2.36. The number of nitrogens with zero attached hydrogens (tertiary/aromatic N) is 1. The van der Waals surface area contributed by atoms with E-state index in [4.69, 9.17) is 4.74 Å². The molecule has 1 saturated heterocycles. The molecule has 1 aliphatic heterocycles. The zero-order valence-electron chi connectivity index (χ0n) is 12.8. The molecule has 2 fully saturated rings. The van der Waals surface area contributed by atoms with Gasteiger partial charge in [0.1, 0.15) is 11.5 Å². The van der Waals surface area contributed by atoms with Crippen LogP contribution in [0.25, 0.3) is 0 Å². The van der Waals surface area contributed by atoms with E-state index in [1.807, 2.05) is 6.07 Å². The van der Waals surface area contributed by atoms with Crippen molar-refractivity contribution in [1.29, 1.82) is 0 Å². The number of phenolic OH excluding ortho intramolecular Hbond substituents is 1. The van der Waals surface area contributed by atoms with Gasteiger partial charge in [-0.15, -0.1) is 0 Å². The number of piperidine rings is 1. The Labute approximate surface area is 127 Å². The molecular formula is C17H26N2O2. The maximum atomic E-state index is 9.97. The fraction of sp³-hybridized carbons (Fsp3) is 0.647. The van der Waals surface area contributed by atoms with E-state index in [1.165, 1.54) is 32.2 Å². The van der Waals surface area contributed by atoms with Crippen molar-refractivity contribution < 1.29 is 9.84 Å². The second-order valence-electron chi connectivity index (χ2n) is 6.40. The Balaban J connectivity index is 1.48. The van der Waals surface area contributed by atoms with Crippen LogP contribution in [0, 0.1) is 5.92 Å². The number of hydrogen-bond acceptors (Lipinski definition) is 4. The maximum absolute atomic E-state index is 9.97. The summed E-state index contributed by atoms with van der Waals surface area (Å²) in [6.07, 6.45) is 5.25. The van der Waals surface area contributed by atoms with Crippen LogP contribution in [-0.4, -0.2) is 42.8 Å². The van der Waals surface area contributed by atoms with Crippen LogP contribution in [0.3, 0.4) is 0 Å². The molecule has 4 heteroatoms. The Kier molecular flexibility index (Phi) is 4.66. The highest BCUT2D eigenvalue weighted by Gasteiger charge is 2.24. The van der Waals surface area contributed by atoms with E-state index in [0.29, 0.717) is 11.8 Å². The Morgan fingerprint density at radius 2 is 2.00 bits per heavy atom. The molecule has 0 bridgehead atoms. The van der Waals surface area contributed by atoms with Crippen LogP contribution in [-0.2, 0) is 6.54 Å². The quantitative estimate of drug-likeness (QED) is 0.844. The van der Waals surface area contributed by atoms with Crippen molar-refractivity contribution in [3.05, 3.63) is 23.8 Å². The average molecular weight is 290 g/mol. The van der Waals surface area contributed by atoms with Crippen LogP contribution in [0.5, 0.6) is 11.5 Å². The number of methoxy groups -OCH3 is 1. The first-order chi connectivity index (χ1) is 10.2. The number of rotatable bonds is 6. The van der Waals surface area contributed by atoms with Crippen molar-refractivity contribution in [2.75, 3.05) is 26.7 Å². The summed E-state index contributed by atoms with van der Waals surface area (Å²) >= 11 is 0. The molecule has 0 spiro atoms. The molecule has 4 nitrogen and oxygen atoms in total. The highest BCUT2D eigenvalue weighted by Crippen LogP contribution is 2.28. The minimum Gasteiger partial charge on any atom is -0.508 e. The van der Waals surface area contributed by atoms with Crippen LogP contribution in [0.2, 0.25) is 0 Å². The first-order valence-electron chi connectivity index (χ1n) is 8.06. The Bertz CT molecular complexity index is 466. The van der Waals surface area contributed by atoms with Crippen molar-refractivity contribution in [2.24, 2.45) is 5.92 Å². The van der Waals surface area contributed by atoms with Gasteiger partial charge in [-0.2, -0.15) is 0 Å². The van der Waals surface area contributed by atoms with Crippen LogP contribution < -0.4 is 10.1 Å². The molecule has 1 aliphatic carbocycles. The molecule has 0 unspecified atom stereocenters. The SMILES string of the molecule is COc1ccc(O)c(CN2CCC(NCC3CC3)CC2)c1. The molecule has 21 heavy (non-hydrogen) atoms. The summed E-state index contributed by atoms with van der Waals surface area (Å²) in [5.41, 5.74) is 0.957. The molecule has 116 valence electrons.